The van der Waals surface area contributed by atoms with Gasteiger partial charge in [-0.3, -0.25) is 4.79 Å². The molecule has 1 atom stereocenters. The Balaban J connectivity index is 3.57. The maximum atomic E-state index is 11.3. The van der Waals surface area contributed by atoms with Crippen LogP contribution in [0.25, 0.3) is 0 Å². The zero-order valence-electron chi connectivity index (χ0n) is 8.84. The molecule has 0 aliphatic rings. The molecule has 2 N–H and O–H groups in total. The number of hydrogen-bond acceptors (Lipinski definition) is 2. The molecule has 0 fully saturated rings. The Kier molecular flexibility index (Phi) is 7.58. The highest BCUT2D eigenvalue weighted by Crippen LogP contribution is 1.85. The standard InChI is InChI=1S/C11H18N2O/c1-4-6-7-9-12-10(3)11(14)13-8-5-2/h2,4,6,10,12H,7-9H2,1,3H3,(H,13,14)/b6-4+. The number of carbonyl (C=O) groups excluding carboxylic acids is 1. The van der Waals surface area contributed by atoms with Crippen LogP contribution < -0.4 is 10.6 Å². The third-order valence-electron chi connectivity index (χ3n) is 1.76. The smallest absolute Gasteiger partial charge is 0.237 e. The molecule has 0 radical (unpaired) electrons. The van der Waals surface area contributed by atoms with Gasteiger partial charge < -0.3 is 10.6 Å². The minimum Gasteiger partial charge on any atom is -0.344 e. The summed E-state index contributed by atoms with van der Waals surface area (Å²) in [5.74, 6) is 2.31. The van der Waals surface area contributed by atoms with Gasteiger partial charge in [-0.15, -0.1) is 6.42 Å². The Bertz CT molecular complexity index is 228. The summed E-state index contributed by atoms with van der Waals surface area (Å²) in [6.45, 7) is 4.89. The highest BCUT2D eigenvalue weighted by molar-refractivity contribution is 5.81. The second-order valence-corrected chi connectivity index (χ2v) is 2.96. The van der Waals surface area contributed by atoms with Gasteiger partial charge in [0, 0.05) is 0 Å². The van der Waals surface area contributed by atoms with Crippen molar-refractivity contribution in [3.63, 3.8) is 0 Å². The summed E-state index contributed by atoms with van der Waals surface area (Å²) in [5.41, 5.74) is 0. The van der Waals surface area contributed by atoms with Gasteiger partial charge in [-0.25, -0.2) is 0 Å². The van der Waals surface area contributed by atoms with Crippen molar-refractivity contribution in [2.24, 2.45) is 0 Å². The molecule has 0 aromatic rings. The van der Waals surface area contributed by atoms with Gasteiger partial charge in [0.2, 0.25) is 5.91 Å². The molecule has 1 amide bonds. The van der Waals surface area contributed by atoms with E-state index >= 15 is 0 Å². The number of rotatable bonds is 6. The predicted octanol–water partition coefficient (Wildman–Crippen LogP) is 0.680. The van der Waals surface area contributed by atoms with E-state index in [1.165, 1.54) is 0 Å². The van der Waals surface area contributed by atoms with Gasteiger partial charge in [0.25, 0.3) is 0 Å². The molecule has 0 aliphatic heterocycles. The fourth-order valence-electron chi connectivity index (χ4n) is 0.934. The molecule has 0 heterocycles. The van der Waals surface area contributed by atoms with Gasteiger partial charge in [-0.2, -0.15) is 0 Å². The molecule has 0 bridgehead atoms. The molecular weight excluding hydrogens is 176 g/mol. The number of carbonyl (C=O) groups is 1. The minimum absolute atomic E-state index is 0.0524. The van der Waals surface area contributed by atoms with E-state index in [4.69, 9.17) is 6.42 Å². The van der Waals surface area contributed by atoms with Crippen molar-refractivity contribution in [3.8, 4) is 12.3 Å². The minimum atomic E-state index is -0.186. The van der Waals surface area contributed by atoms with E-state index in [2.05, 4.69) is 22.6 Å². The maximum absolute atomic E-state index is 11.3. The average Bonchev–Trinajstić information content (AvgIpc) is 2.20. The molecule has 14 heavy (non-hydrogen) atoms. The Morgan fingerprint density at radius 1 is 1.64 bits per heavy atom. The zero-order valence-corrected chi connectivity index (χ0v) is 8.84. The van der Waals surface area contributed by atoms with E-state index in [0.29, 0.717) is 6.54 Å². The first-order valence-electron chi connectivity index (χ1n) is 4.78. The molecule has 0 spiro atoms. The lowest BCUT2D eigenvalue weighted by Gasteiger charge is -2.11. The second-order valence-electron chi connectivity index (χ2n) is 2.96. The number of amides is 1. The van der Waals surface area contributed by atoms with Crippen LogP contribution in [0.4, 0.5) is 0 Å². The Labute approximate surface area is 86.0 Å². The molecule has 0 aromatic carbocycles. The third kappa shape index (κ3) is 6.27. The van der Waals surface area contributed by atoms with Crippen molar-refractivity contribution in [1.29, 1.82) is 0 Å². The first-order chi connectivity index (χ1) is 6.72. The number of hydrogen-bond donors (Lipinski definition) is 2. The maximum Gasteiger partial charge on any atom is 0.237 e. The Hall–Kier alpha value is -1.27. The van der Waals surface area contributed by atoms with Gasteiger partial charge in [0.15, 0.2) is 0 Å². The fraction of sp³-hybridized carbons (Fsp3) is 0.545. The number of terminal acetylenes is 1. The summed E-state index contributed by atoms with van der Waals surface area (Å²) in [5, 5.41) is 5.71. The van der Waals surface area contributed by atoms with E-state index in [-0.39, 0.29) is 11.9 Å². The molecular formula is C11H18N2O. The first kappa shape index (κ1) is 12.7. The van der Waals surface area contributed by atoms with E-state index in [1.54, 1.807) is 0 Å². The van der Waals surface area contributed by atoms with Gasteiger partial charge in [-0.05, 0) is 26.8 Å². The molecule has 3 heteroatoms. The molecule has 3 nitrogen and oxygen atoms in total. The molecule has 0 aliphatic carbocycles. The fourth-order valence-corrected chi connectivity index (χ4v) is 0.934. The van der Waals surface area contributed by atoms with Gasteiger partial charge in [-0.1, -0.05) is 18.1 Å². The summed E-state index contributed by atoms with van der Waals surface area (Å²) < 4.78 is 0. The molecule has 0 aromatic heterocycles. The van der Waals surface area contributed by atoms with Gasteiger partial charge in [0.1, 0.15) is 0 Å². The second kappa shape index (κ2) is 8.33. The first-order valence-corrected chi connectivity index (χ1v) is 4.78. The van der Waals surface area contributed by atoms with Crippen molar-refractivity contribution in [3.05, 3.63) is 12.2 Å². The van der Waals surface area contributed by atoms with E-state index in [1.807, 2.05) is 19.9 Å². The summed E-state index contributed by atoms with van der Waals surface area (Å²) in [6.07, 6.45) is 10.0. The van der Waals surface area contributed by atoms with Crippen LogP contribution in [-0.4, -0.2) is 25.0 Å². The van der Waals surface area contributed by atoms with Crippen LogP contribution >= 0.6 is 0 Å². The SMILES string of the molecule is C#CCNC(=O)C(C)NCC/C=C/C. The van der Waals surface area contributed by atoms with E-state index < -0.39 is 0 Å². The normalized spacial score (nSPS) is 12.4. The molecule has 0 saturated heterocycles. The molecule has 78 valence electrons. The Morgan fingerprint density at radius 3 is 2.93 bits per heavy atom. The summed E-state index contributed by atoms with van der Waals surface area (Å²) in [7, 11) is 0. The van der Waals surface area contributed by atoms with Crippen LogP contribution in [0.15, 0.2) is 12.2 Å². The lowest BCUT2D eigenvalue weighted by atomic mass is 10.3. The van der Waals surface area contributed by atoms with Crippen LogP contribution in [0.1, 0.15) is 20.3 Å². The van der Waals surface area contributed by atoms with E-state index in [9.17, 15) is 4.79 Å². The van der Waals surface area contributed by atoms with Crippen molar-refractivity contribution in [1.82, 2.24) is 10.6 Å². The molecule has 0 saturated carbocycles. The quantitative estimate of drug-likeness (QED) is 0.371. The van der Waals surface area contributed by atoms with Crippen LogP contribution in [0.5, 0.6) is 0 Å². The lowest BCUT2D eigenvalue weighted by molar-refractivity contribution is -0.122. The molecule has 1 unspecified atom stereocenters. The predicted molar refractivity (Wildman–Crippen MR) is 58.7 cm³/mol. The lowest BCUT2D eigenvalue weighted by Crippen LogP contribution is -2.42. The highest BCUT2D eigenvalue weighted by Gasteiger charge is 2.09. The highest BCUT2D eigenvalue weighted by atomic mass is 16.2. The van der Waals surface area contributed by atoms with Crippen molar-refractivity contribution in [2.75, 3.05) is 13.1 Å². The van der Waals surface area contributed by atoms with Crippen LogP contribution in [0.2, 0.25) is 0 Å². The van der Waals surface area contributed by atoms with Crippen molar-refractivity contribution >= 4 is 5.91 Å². The van der Waals surface area contributed by atoms with Crippen LogP contribution in [0, 0.1) is 12.3 Å². The number of allylic oxidation sites excluding steroid dienone is 1. The number of nitrogens with one attached hydrogen (secondary N) is 2. The monoisotopic (exact) mass is 194 g/mol. The molecule has 0 rings (SSSR count). The summed E-state index contributed by atoms with van der Waals surface area (Å²) in [6, 6.07) is -0.186. The average molecular weight is 194 g/mol. The topological polar surface area (TPSA) is 41.1 Å². The van der Waals surface area contributed by atoms with Crippen molar-refractivity contribution < 1.29 is 4.79 Å². The largest absolute Gasteiger partial charge is 0.344 e. The zero-order chi connectivity index (χ0) is 10.8. The Morgan fingerprint density at radius 2 is 2.36 bits per heavy atom. The van der Waals surface area contributed by atoms with Gasteiger partial charge in [0.05, 0.1) is 12.6 Å². The third-order valence-corrected chi connectivity index (χ3v) is 1.76. The van der Waals surface area contributed by atoms with Crippen molar-refractivity contribution in [2.45, 2.75) is 26.3 Å². The summed E-state index contributed by atoms with van der Waals surface area (Å²) in [4.78, 5) is 11.3. The van der Waals surface area contributed by atoms with E-state index in [0.717, 1.165) is 13.0 Å². The summed E-state index contributed by atoms with van der Waals surface area (Å²) >= 11 is 0. The van der Waals surface area contributed by atoms with Crippen LogP contribution in [-0.2, 0) is 4.79 Å². The van der Waals surface area contributed by atoms with Crippen LogP contribution in [0.3, 0.4) is 0 Å². The van der Waals surface area contributed by atoms with Gasteiger partial charge >= 0.3 is 0 Å².